The van der Waals surface area contributed by atoms with Crippen LogP contribution in [0.5, 0.6) is 5.75 Å². The number of hydrogen-bond acceptors (Lipinski definition) is 2. The minimum atomic E-state index is 0.0959. The summed E-state index contributed by atoms with van der Waals surface area (Å²) < 4.78 is 0. The van der Waals surface area contributed by atoms with Gasteiger partial charge in [0.05, 0.1) is 5.69 Å². The number of rotatable bonds is 2. The van der Waals surface area contributed by atoms with Gasteiger partial charge < -0.3 is 10.0 Å². The maximum Gasteiger partial charge on any atom is 0.227 e. The quantitative estimate of drug-likeness (QED) is 0.772. The van der Waals surface area contributed by atoms with Crippen molar-refractivity contribution in [3.63, 3.8) is 0 Å². The highest BCUT2D eigenvalue weighted by Gasteiger charge is 2.29. The van der Waals surface area contributed by atoms with Crippen molar-refractivity contribution in [2.75, 3.05) is 11.4 Å². The molecule has 1 atom stereocenters. The molecule has 2 rings (SSSR count). The molecule has 1 unspecified atom stereocenters. The van der Waals surface area contributed by atoms with Crippen LogP contribution < -0.4 is 4.90 Å². The molecule has 0 saturated carbocycles. The van der Waals surface area contributed by atoms with Gasteiger partial charge in [-0.05, 0) is 18.6 Å². The second kappa shape index (κ2) is 4.00. The normalized spacial score (nSPS) is 20.2. The lowest BCUT2D eigenvalue weighted by Crippen LogP contribution is -2.25. The number of aromatic hydroxyl groups is 1. The summed E-state index contributed by atoms with van der Waals surface area (Å²) in [5, 5.41) is 9.45. The number of carbonyl (C=O) groups is 1. The summed E-state index contributed by atoms with van der Waals surface area (Å²) in [6, 6.07) is 5.09. The molecule has 16 heavy (non-hydrogen) atoms. The van der Waals surface area contributed by atoms with E-state index >= 15 is 0 Å². The third kappa shape index (κ3) is 1.81. The van der Waals surface area contributed by atoms with E-state index in [4.69, 9.17) is 0 Å². The lowest BCUT2D eigenvalue weighted by molar-refractivity contribution is -0.117. The summed E-state index contributed by atoms with van der Waals surface area (Å²) in [5.41, 5.74) is 1.80. The molecule has 3 heteroatoms. The minimum absolute atomic E-state index is 0.0959. The average Bonchev–Trinajstić information content (AvgIpc) is 2.63. The first-order valence-electron chi connectivity index (χ1n) is 5.34. The zero-order valence-corrected chi connectivity index (χ0v) is 9.31. The van der Waals surface area contributed by atoms with Gasteiger partial charge in [-0.1, -0.05) is 12.1 Å². The van der Waals surface area contributed by atoms with E-state index < -0.39 is 0 Å². The summed E-state index contributed by atoms with van der Waals surface area (Å²) in [6.07, 6.45) is 2.33. The van der Waals surface area contributed by atoms with Crippen LogP contribution >= 0.6 is 0 Å². The number of anilines is 1. The zero-order chi connectivity index (χ0) is 11.7. The first-order chi connectivity index (χ1) is 7.61. The third-order valence-electron chi connectivity index (χ3n) is 2.97. The molecular weight excluding hydrogens is 202 g/mol. The van der Waals surface area contributed by atoms with Gasteiger partial charge >= 0.3 is 0 Å². The molecule has 1 aliphatic heterocycles. The van der Waals surface area contributed by atoms with E-state index in [2.05, 4.69) is 6.58 Å². The van der Waals surface area contributed by atoms with Crippen LogP contribution in [0.2, 0.25) is 0 Å². The Morgan fingerprint density at radius 1 is 1.56 bits per heavy atom. The van der Waals surface area contributed by atoms with E-state index in [0.717, 1.165) is 11.3 Å². The Morgan fingerprint density at radius 2 is 2.31 bits per heavy atom. The number of phenols is 1. The fourth-order valence-corrected chi connectivity index (χ4v) is 2.01. The molecule has 1 aromatic carbocycles. The molecule has 1 aromatic rings. The van der Waals surface area contributed by atoms with E-state index in [1.165, 1.54) is 0 Å². The largest absolute Gasteiger partial charge is 0.508 e. The highest BCUT2D eigenvalue weighted by molar-refractivity contribution is 5.96. The van der Waals surface area contributed by atoms with Gasteiger partial charge in [0.25, 0.3) is 0 Å². The summed E-state index contributed by atoms with van der Waals surface area (Å²) in [4.78, 5) is 13.5. The highest BCUT2D eigenvalue weighted by Crippen LogP contribution is 2.30. The fraction of sp³-hybridized carbons (Fsp3) is 0.308. The van der Waals surface area contributed by atoms with Gasteiger partial charge in [-0.15, -0.1) is 6.58 Å². The van der Waals surface area contributed by atoms with Gasteiger partial charge in [0.1, 0.15) is 5.75 Å². The van der Waals surface area contributed by atoms with Gasteiger partial charge in [0.15, 0.2) is 0 Å². The Balaban J connectivity index is 2.34. The van der Waals surface area contributed by atoms with Crippen LogP contribution in [0.3, 0.4) is 0 Å². The molecule has 0 radical (unpaired) electrons. The van der Waals surface area contributed by atoms with E-state index in [-0.39, 0.29) is 17.6 Å². The predicted octanol–water partition coefficient (Wildman–Crippen LogP) is 2.24. The van der Waals surface area contributed by atoms with Crippen LogP contribution in [-0.4, -0.2) is 17.6 Å². The van der Waals surface area contributed by atoms with Crippen LogP contribution in [0.4, 0.5) is 5.69 Å². The van der Waals surface area contributed by atoms with Crippen LogP contribution in [0.25, 0.3) is 0 Å². The Kier molecular flexibility index (Phi) is 2.69. The molecule has 1 saturated heterocycles. The molecule has 0 aliphatic carbocycles. The van der Waals surface area contributed by atoms with Crippen LogP contribution in [0.1, 0.15) is 12.0 Å². The van der Waals surface area contributed by atoms with Crippen molar-refractivity contribution in [1.29, 1.82) is 0 Å². The van der Waals surface area contributed by atoms with Crippen LogP contribution in [0, 0.1) is 12.8 Å². The van der Waals surface area contributed by atoms with E-state index in [9.17, 15) is 9.90 Å². The molecule has 1 N–H and O–H groups in total. The monoisotopic (exact) mass is 217 g/mol. The summed E-state index contributed by atoms with van der Waals surface area (Å²) in [6.45, 7) is 6.31. The van der Waals surface area contributed by atoms with Crippen molar-refractivity contribution >= 4 is 11.6 Å². The molecule has 84 valence electrons. The second-order valence-corrected chi connectivity index (χ2v) is 4.18. The summed E-state index contributed by atoms with van der Waals surface area (Å²) in [7, 11) is 0. The van der Waals surface area contributed by atoms with Crippen molar-refractivity contribution in [2.24, 2.45) is 5.92 Å². The lowest BCUT2D eigenvalue weighted by atomic mass is 10.1. The first kappa shape index (κ1) is 10.7. The Hall–Kier alpha value is -1.77. The number of benzene rings is 1. The van der Waals surface area contributed by atoms with Crippen molar-refractivity contribution in [3.8, 4) is 5.75 Å². The molecule has 1 heterocycles. The summed E-state index contributed by atoms with van der Waals surface area (Å²) in [5.74, 6) is 0.503. The van der Waals surface area contributed by atoms with Crippen molar-refractivity contribution in [3.05, 3.63) is 36.4 Å². The molecule has 1 fully saturated rings. The van der Waals surface area contributed by atoms with E-state index in [0.29, 0.717) is 13.0 Å². The maximum atomic E-state index is 11.8. The highest BCUT2D eigenvalue weighted by atomic mass is 16.3. The topological polar surface area (TPSA) is 40.5 Å². The number of hydrogen-bond donors (Lipinski definition) is 1. The van der Waals surface area contributed by atoms with Gasteiger partial charge in [-0.2, -0.15) is 0 Å². The zero-order valence-electron chi connectivity index (χ0n) is 9.31. The molecule has 1 amide bonds. The SMILES string of the molecule is C=CC1CC(=O)N(c2cc(O)ccc2C)C1. The second-order valence-electron chi connectivity index (χ2n) is 4.18. The number of nitrogens with zero attached hydrogens (tertiary/aromatic N) is 1. The number of phenolic OH excluding ortho intramolecular Hbond substituents is 1. The predicted molar refractivity (Wildman–Crippen MR) is 63.5 cm³/mol. The summed E-state index contributed by atoms with van der Waals surface area (Å²) >= 11 is 0. The van der Waals surface area contributed by atoms with Gasteiger partial charge in [-0.3, -0.25) is 4.79 Å². The Bertz CT molecular complexity index is 440. The maximum absolute atomic E-state index is 11.8. The first-order valence-corrected chi connectivity index (χ1v) is 5.34. The molecule has 3 nitrogen and oxygen atoms in total. The molecule has 0 aromatic heterocycles. The van der Waals surface area contributed by atoms with Crippen molar-refractivity contribution in [2.45, 2.75) is 13.3 Å². The minimum Gasteiger partial charge on any atom is -0.508 e. The molecular formula is C13H15NO2. The lowest BCUT2D eigenvalue weighted by Gasteiger charge is -2.18. The van der Waals surface area contributed by atoms with Gasteiger partial charge in [-0.25, -0.2) is 0 Å². The van der Waals surface area contributed by atoms with E-state index in [1.54, 1.807) is 17.0 Å². The number of amides is 1. The fourth-order valence-electron chi connectivity index (χ4n) is 2.01. The van der Waals surface area contributed by atoms with Crippen molar-refractivity contribution in [1.82, 2.24) is 0 Å². The van der Waals surface area contributed by atoms with Gasteiger partial charge in [0.2, 0.25) is 5.91 Å². The molecule has 1 aliphatic rings. The third-order valence-corrected chi connectivity index (χ3v) is 2.97. The standard InChI is InChI=1S/C13H15NO2/c1-3-10-6-13(16)14(8-10)12-7-11(15)5-4-9(12)2/h3-5,7,10,15H,1,6,8H2,2H3. The van der Waals surface area contributed by atoms with Crippen LogP contribution in [-0.2, 0) is 4.79 Å². The number of carbonyl (C=O) groups excluding carboxylic acids is 1. The van der Waals surface area contributed by atoms with Crippen molar-refractivity contribution < 1.29 is 9.90 Å². The van der Waals surface area contributed by atoms with Crippen LogP contribution in [0.15, 0.2) is 30.9 Å². The van der Waals surface area contributed by atoms with Gasteiger partial charge in [0, 0.05) is 24.9 Å². The molecule has 0 bridgehead atoms. The number of aryl methyl sites for hydroxylation is 1. The Labute approximate surface area is 95.0 Å². The van der Waals surface area contributed by atoms with E-state index in [1.807, 2.05) is 19.1 Å². The molecule has 0 spiro atoms. The average molecular weight is 217 g/mol. The smallest absolute Gasteiger partial charge is 0.227 e. The Morgan fingerprint density at radius 3 is 2.94 bits per heavy atom.